The summed E-state index contributed by atoms with van der Waals surface area (Å²) < 4.78 is 0. The Balaban J connectivity index is 2.34. The highest BCUT2D eigenvalue weighted by molar-refractivity contribution is 6.31. The van der Waals surface area contributed by atoms with Gasteiger partial charge >= 0.3 is 0 Å². The molecule has 2 heteroatoms. The van der Waals surface area contributed by atoms with Crippen LogP contribution in [0.1, 0.15) is 48.5 Å². The number of hydrogen-bond donors (Lipinski definition) is 0. The van der Waals surface area contributed by atoms with Crippen LogP contribution in [0.5, 0.6) is 0 Å². The molecule has 0 aliphatic heterocycles. The van der Waals surface area contributed by atoms with Crippen LogP contribution in [0, 0.1) is 5.92 Å². The molecule has 0 N–H and O–H groups in total. The van der Waals surface area contributed by atoms with Gasteiger partial charge in [0.1, 0.15) is 0 Å². The predicted molar refractivity (Wildman–Crippen MR) is 62.6 cm³/mol. The Bertz CT molecular complexity index is 396. The molecule has 1 aliphatic carbocycles. The van der Waals surface area contributed by atoms with Gasteiger partial charge in [0, 0.05) is 17.0 Å². The summed E-state index contributed by atoms with van der Waals surface area (Å²) in [6.45, 7) is 4.39. The van der Waals surface area contributed by atoms with E-state index in [2.05, 4.69) is 13.8 Å². The second-order valence-corrected chi connectivity index (χ2v) is 5.12. The van der Waals surface area contributed by atoms with Gasteiger partial charge < -0.3 is 0 Å². The van der Waals surface area contributed by atoms with Crippen LogP contribution in [0.4, 0.5) is 0 Å². The molecule has 1 unspecified atom stereocenters. The van der Waals surface area contributed by atoms with Crippen LogP contribution in [-0.4, -0.2) is 5.78 Å². The van der Waals surface area contributed by atoms with Crippen molar-refractivity contribution in [3.63, 3.8) is 0 Å². The molecule has 80 valence electrons. The number of carbonyl (C=O) groups is 1. The quantitative estimate of drug-likeness (QED) is 0.738. The Morgan fingerprint density at radius 3 is 2.87 bits per heavy atom. The number of ketones is 1. The van der Waals surface area contributed by atoms with Crippen molar-refractivity contribution in [3.05, 3.63) is 34.3 Å². The normalized spacial score (nSPS) is 19.7. The van der Waals surface area contributed by atoms with Crippen LogP contribution in [0.25, 0.3) is 0 Å². The molecule has 0 heterocycles. The minimum atomic E-state index is 0.248. The first-order valence-electron chi connectivity index (χ1n) is 5.40. The Labute approximate surface area is 95.4 Å². The van der Waals surface area contributed by atoms with Crippen molar-refractivity contribution in [1.82, 2.24) is 0 Å². The number of Topliss-reactive ketones (excluding diaryl/α,β-unsaturated/α-hetero) is 1. The molecule has 15 heavy (non-hydrogen) atoms. The standard InChI is InChI=1S/C13H15ClO/c1-8(2)5-9-6-13(15)12-7-10(14)3-4-11(9)12/h3-4,7-9H,5-6H2,1-2H3. The van der Waals surface area contributed by atoms with Crippen LogP contribution in [0.15, 0.2) is 18.2 Å². The van der Waals surface area contributed by atoms with Crippen molar-refractivity contribution in [2.75, 3.05) is 0 Å². The molecule has 0 amide bonds. The van der Waals surface area contributed by atoms with E-state index in [0.717, 1.165) is 12.0 Å². The Hall–Kier alpha value is -0.820. The van der Waals surface area contributed by atoms with Crippen LogP contribution in [0.3, 0.4) is 0 Å². The van der Waals surface area contributed by atoms with Gasteiger partial charge in [-0.05, 0) is 36.0 Å². The maximum absolute atomic E-state index is 11.8. The van der Waals surface area contributed by atoms with Crippen molar-refractivity contribution >= 4 is 17.4 Å². The molecule has 1 nitrogen and oxygen atoms in total. The zero-order valence-electron chi connectivity index (χ0n) is 9.09. The lowest BCUT2D eigenvalue weighted by Crippen LogP contribution is -1.99. The summed E-state index contributed by atoms with van der Waals surface area (Å²) in [7, 11) is 0. The van der Waals surface area contributed by atoms with Crippen molar-refractivity contribution in [2.45, 2.75) is 32.6 Å². The predicted octanol–water partition coefficient (Wildman–Crippen LogP) is 4.06. The van der Waals surface area contributed by atoms with E-state index >= 15 is 0 Å². The summed E-state index contributed by atoms with van der Waals surface area (Å²) in [5, 5.41) is 0.660. The van der Waals surface area contributed by atoms with Crippen molar-refractivity contribution < 1.29 is 4.79 Å². The zero-order chi connectivity index (χ0) is 11.0. The molecular formula is C13H15ClO. The number of fused-ring (bicyclic) bond motifs is 1. The minimum absolute atomic E-state index is 0.248. The van der Waals surface area contributed by atoms with E-state index in [1.807, 2.05) is 12.1 Å². The summed E-state index contributed by atoms with van der Waals surface area (Å²) in [4.78, 5) is 11.8. The molecule has 0 saturated heterocycles. The van der Waals surface area contributed by atoms with Gasteiger partial charge in [0.25, 0.3) is 0 Å². The summed E-state index contributed by atoms with van der Waals surface area (Å²) in [6, 6.07) is 5.70. The minimum Gasteiger partial charge on any atom is -0.294 e. The average Bonchev–Trinajstić information content (AvgIpc) is 2.42. The second kappa shape index (κ2) is 3.97. The molecule has 0 bridgehead atoms. The maximum atomic E-state index is 11.8. The smallest absolute Gasteiger partial charge is 0.163 e. The van der Waals surface area contributed by atoms with Gasteiger partial charge in [-0.1, -0.05) is 31.5 Å². The monoisotopic (exact) mass is 222 g/mol. The fourth-order valence-corrected chi connectivity index (χ4v) is 2.52. The van der Waals surface area contributed by atoms with E-state index in [4.69, 9.17) is 11.6 Å². The number of rotatable bonds is 2. The van der Waals surface area contributed by atoms with Crippen molar-refractivity contribution in [2.24, 2.45) is 5.92 Å². The molecule has 1 atom stereocenters. The van der Waals surface area contributed by atoms with Crippen LogP contribution in [-0.2, 0) is 0 Å². The first-order chi connectivity index (χ1) is 7.08. The summed E-state index contributed by atoms with van der Waals surface area (Å²) >= 11 is 5.89. The molecule has 0 saturated carbocycles. The molecule has 2 rings (SSSR count). The fraction of sp³-hybridized carbons (Fsp3) is 0.462. The molecule has 0 fully saturated rings. The molecular weight excluding hydrogens is 208 g/mol. The zero-order valence-corrected chi connectivity index (χ0v) is 9.84. The summed E-state index contributed by atoms with van der Waals surface area (Å²) in [5.74, 6) is 1.28. The topological polar surface area (TPSA) is 17.1 Å². The SMILES string of the molecule is CC(C)CC1CC(=O)c2cc(Cl)ccc21. The van der Waals surface area contributed by atoms with Gasteiger partial charge in [-0.2, -0.15) is 0 Å². The summed E-state index contributed by atoms with van der Waals surface area (Å²) in [5.41, 5.74) is 2.03. The number of benzene rings is 1. The van der Waals surface area contributed by atoms with E-state index < -0.39 is 0 Å². The lowest BCUT2D eigenvalue weighted by Gasteiger charge is -2.12. The van der Waals surface area contributed by atoms with Gasteiger partial charge in [-0.3, -0.25) is 4.79 Å². The fourth-order valence-electron chi connectivity index (χ4n) is 2.35. The van der Waals surface area contributed by atoms with E-state index in [0.29, 0.717) is 23.3 Å². The van der Waals surface area contributed by atoms with Crippen LogP contribution in [0.2, 0.25) is 5.02 Å². The average molecular weight is 223 g/mol. The van der Waals surface area contributed by atoms with E-state index in [1.54, 1.807) is 6.07 Å². The molecule has 0 spiro atoms. The Kier molecular flexibility index (Phi) is 2.83. The molecule has 1 aliphatic rings. The highest BCUT2D eigenvalue weighted by atomic mass is 35.5. The third-order valence-electron chi connectivity index (χ3n) is 2.94. The van der Waals surface area contributed by atoms with Gasteiger partial charge in [0.05, 0.1) is 0 Å². The van der Waals surface area contributed by atoms with Crippen molar-refractivity contribution in [3.8, 4) is 0 Å². The highest BCUT2D eigenvalue weighted by Gasteiger charge is 2.29. The third-order valence-corrected chi connectivity index (χ3v) is 3.18. The lowest BCUT2D eigenvalue weighted by molar-refractivity contribution is 0.0987. The van der Waals surface area contributed by atoms with Gasteiger partial charge in [0.15, 0.2) is 5.78 Å². The first kappa shape index (κ1) is 10.7. The second-order valence-electron chi connectivity index (χ2n) is 4.69. The van der Waals surface area contributed by atoms with E-state index in [1.165, 1.54) is 5.56 Å². The van der Waals surface area contributed by atoms with Crippen LogP contribution >= 0.6 is 11.6 Å². The number of halogens is 1. The molecule has 0 radical (unpaired) electrons. The Morgan fingerprint density at radius 1 is 1.47 bits per heavy atom. The molecule has 1 aromatic rings. The van der Waals surface area contributed by atoms with E-state index in [-0.39, 0.29) is 5.78 Å². The van der Waals surface area contributed by atoms with Gasteiger partial charge in [-0.25, -0.2) is 0 Å². The highest BCUT2D eigenvalue weighted by Crippen LogP contribution is 2.38. The maximum Gasteiger partial charge on any atom is 0.163 e. The number of carbonyl (C=O) groups excluding carboxylic acids is 1. The van der Waals surface area contributed by atoms with Gasteiger partial charge in [0.2, 0.25) is 0 Å². The van der Waals surface area contributed by atoms with Gasteiger partial charge in [-0.15, -0.1) is 0 Å². The molecule has 1 aromatic carbocycles. The van der Waals surface area contributed by atoms with Crippen LogP contribution < -0.4 is 0 Å². The molecule has 0 aromatic heterocycles. The largest absolute Gasteiger partial charge is 0.294 e. The Morgan fingerprint density at radius 2 is 2.20 bits per heavy atom. The number of hydrogen-bond acceptors (Lipinski definition) is 1. The summed E-state index contributed by atoms with van der Waals surface area (Å²) in [6.07, 6.45) is 1.74. The van der Waals surface area contributed by atoms with Crippen molar-refractivity contribution in [1.29, 1.82) is 0 Å². The first-order valence-corrected chi connectivity index (χ1v) is 5.78. The lowest BCUT2D eigenvalue weighted by atomic mass is 9.92. The third kappa shape index (κ3) is 2.07. The van der Waals surface area contributed by atoms with E-state index in [9.17, 15) is 4.79 Å².